The molecule has 0 aromatic heterocycles. The van der Waals surface area contributed by atoms with Gasteiger partial charge in [-0.3, -0.25) is 0 Å². The van der Waals surface area contributed by atoms with Gasteiger partial charge < -0.3 is 5.11 Å². The Labute approximate surface area is 98.5 Å². The minimum Gasteiger partial charge on any atom is -0.388 e. The molecule has 1 nitrogen and oxygen atoms in total. The highest BCUT2D eigenvalue weighted by atomic mass is 16.3. The van der Waals surface area contributed by atoms with E-state index in [0.29, 0.717) is 0 Å². The minimum absolute atomic E-state index is 0.137. The molecule has 0 saturated carbocycles. The van der Waals surface area contributed by atoms with Crippen LogP contribution in [0.15, 0.2) is 18.2 Å². The summed E-state index contributed by atoms with van der Waals surface area (Å²) in [6.45, 7) is 6.65. The first-order valence-corrected chi connectivity index (χ1v) is 6.36. The van der Waals surface area contributed by atoms with E-state index < -0.39 is 0 Å². The predicted octanol–water partition coefficient (Wildman–Crippen LogP) is 3.74. The number of aliphatic hydroxyl groups is 1. The fraction of sp³-hybridized carbons (Fsp3) is 0.600. The molecule has 0 saturated heterocycles. The van der Waals surface area contributed by atoms with E-state index >= 15 is 0 Å². The van der Waals surface area contributed by atoms with Crippen molar-refractivity contribution < 1.29 is 5.11 Å². The van der Waals surface area contributed by atoms with Gasteiger partial charge in [-0.15, -0.1) is 0 Å². The van der Waals surface area contributed by atoms with Crippen LogP contribution >= 0.6 is 0 Å². The topological polar surface area (TPSA) is 20.2 Å². The molecule has 0 bridgehead atoms. The Morgan fingerprint density at radius 1 is 1.38 bits per heavy atom. The third-order valence-electron chi connectivity index (χ3n) is 3.73. The zero-order chi connectivity index (χ0) is 11.8. The summed E-state index contributed by atoms with van der Waals surface area (Å²) in [6.07, 6.45) is 4.20. The number of fused-ring (bicyclic) bond motifs is 1. The van der Waals surface area contributed by atoms with E-state index in [4.69, 9.17) is 0 Å². The molecule has 1 aromatic carbocycles. The molecule has 2 rings (SSSR count). The van der Waals surface area contributed by atoms with Crippen LogP contribution in [0.3, 0.4) is 0 Å². The summed E-state index contributed by atoms with van der Waals surface area (Å²) in [5.74, 6) is 0. The first-order chi connectivity index (χ1) is 7.54. The maximum atomic E-state index is 10.1. The highest BCUT2D eigenvalue weighted by Crippen LogP contribution is 2.44. The van der Waals surface area contributed by atoms with Gasteiger partial charge in [0.1, 0.15) is 0 Å². The summed E-state index contributed by atoms with van der Waals surface area (Å²) in [4.78, 5) is 0. The van der Waals surface area contributed by atoms with E-state index in [1.165, 1.54) is 29.5 Å². The third kappa shape index (κ3) is 2.01. The van der Waals surface area contributed by atoms with Crippen LogP contribution in [0.25, 0.3) is 0 Å². The van der Waals surface area contributed by atoms with Crippen LogP contribution in [-0.4, -0.2) is 5.11 Å². The second-order valence-corrected chi connectivity index (χ2v) is 5.63. The van der Waals surface area contributed by atoms with Crippen molar-refractivity contribution in [2.75, 3.05) is 0 Å². The summed E-state index contributed by atoms with van der Waals surface area (Å²) >= 11 is 0. The summed E-state index contributed by atoms with van der Waals surface area (Å²) < 4.78 is 0. The van der Waals surface area contributed by atoms with Gasteiger partial charge >= 0.3 is 0 Å². The van der Waals surface area contributed by atoms with E-state index in [1.54, 1.807) is 0 Å². The Bertz CT molecular complexity index is 379. The molecule has 1 aliphatic carbocycles. The van der Waals surface area contributed by atoms with Crippen LogP contribution in [-0.2, 0) is 11.8 Å². The Morgan fingerprint density at radius 2 is 2.12 bits per heavy atom. The molecule has 0 aliphatic heterocycles. The Morgan fingerprint density at radius 3 is 2.81 bits per heavy atom. The number of benzene rings is 1. The first kappa shape index (κ1) is 11.7. The lowest BCUT2D eigenvalue weighted by Gasteiger charge is -2.18. The molecule has 0 fully saturated rings. The number of rotatable bonds is 3. The number of aliphatic hydroxyl groups excluding tert-OH is 1. The summed E-state index contributed by atoms with van der Waals surface area (Å²) in [5, 5.41) is 10.1. The van der Waals surface area contributed by atoms with Crippen LogP contribution in [0.4, 0.5) is 0 Å². The molecule has 1 N–H and O–H groups in total. The van der Waals surface area contributed by atoms with Crippen molar-refractivity contribution in [2.45, 2.75) is 58.0 Å². The lowest BCUT2D eigenvalue weighted by atomic mass is 9.86. The van der Waals surface area contributed by atoms with E-state index in [1.807, 2.05) is 0 Å². The fourth-order valence-electron chi connectivity index (χ4n) is 2.74. The average Bonchev–Trinajstić information content (AvgIpc) is 2.46. The second-order valence-electron chi connectivity index (χ2n) is 5.63. The van der Waals surface area contributed by atoms with Gasteiger partial charge in [-0.1, -0.05) is 45.4 Å². The Kier molecular flexibility index (Phi) is 3.07. The quantitative estimate of drug-likeness (QED) is 0.819. The van der Waals surface area contributed by atoms with E-state index in [9.17, 15) is 5.11 Å². The highest BCUT2D eigenvalue weighted by Gasteiger charge is 2.35. The first-order valence-electron chi connectivity index (χ1n) is 6.36. The van der Waals surface area contributed by atoms with Crippen LogP contribution < -0.4 is 0 Å². The monoisotopic (exact) mass is 218 g/mol. The molecule has 0 amide bonds. The van der Waals surface area contributed by atoms with Crippen LogP contribution in [0.5, 0.6) is 0 Å². The lowest BCUT2D eigenvalue weighted by Crippen LogP contribution is -2.12. The zero-order valence-electron chi connectivity index (χ0n) is 10.6. The van der Waals surface area contributed by atoms with Crippen molar-refractivity contribution in [1.29, 1.82) is 0 Å². The Hall–Kier alpha value is -0.820. The molecule has 0 heterocycles. The van der Waals surface area contributed by atoms with E-state index in [0.717, 1.165) is 12.8 Å². The molecule has 1 aliphatic rings. The molecule has 88 valence electrons. The minimum atomic E-state index is -0.258. The van der Waals surface area contributed by atoms with E-state index in [-0.39, 0.29) is 11.5 Å². The van der Waals surface area contributed by atoms with Crippen molar-refractivity contribution in [3.63, 3.8) is 0 Å². The largest absolute Gasteiger partial charge is 0.388 e. The third-order valence-corrected chi connectivity index (χ3v) is 3.73. The molecular formula is C15H22O. The maximum absolute atomic E-state index is 10.1. The van der Waals surface area contributed by atoms with Gasteiger partial charge in [0.05, 0.1) is 6.10 Å². The summed E-state index contributed by atoms with van der Waals surface area (Å²) in [6, 6.07) is 6.66. The molecule has 1 heteroatoms. The average molecular weight is 218 g/mol. The molecule has 16 heavy (non-hydrogen) atoms. The van der Waals surface area contributed by atoms with Gasteiger partial charge in [-0.05, 0) is 41.4 Å². The van der Waals surface area contributed by atoms with Crippen LogP contribution in [0.1, 0.15) is 62.8 Å². The number of hydrogen-bond donors (Lipinski definition) is 1. The van der Waals surface area contributed by atoms with Crippen molar-refractivity contribution in [3.8, 4) is 0 Å². The van der Waals surface area contributed by atoms with Crippen molar-refractivity contribution in [1.82, 2.24) is 0 Å². The van der Waals surface area contributed by atoms with Crippen LogP contribution in [0.2, 0.25) is 0 Å². The molecule has 0 spiro atoms. The van der Waals surface area contributed by atoms with E-state index in [2.05, 4.69) is 39.0 Å². The zero-order valence-corrected chi connectivity index (χ0v) is 10.6. The van der Waals surface area contributed by atoms with Gasteiger partial charge in [0.15, 0.2) is 0 Å². The van der Waals surface area contributed by atoms with Gasteiger partial charge in [-0.25, -0.2) is 0 Å². The molecule has 1 atom stereocenters. The predicted molar refractivity (Wildman–Crippen MR) is 67.7 cm³/mol. The second kappa shape index (κ2) is 4.21. The smallest absolute Gasteiger partial charge is 0.0801 e. The van der Waals surface area contributed by atoms with Gasteiger partial charge in [-0.2, -0.15) is 0 Å². The normalized spacial score (nSPS) is 22.1. The SMILES string of the molecule is CCCCc1ccc2c(c1)[C@@H](O)CC2(C)C. The standard InChI is InChI=1S/C15H22O/c1-4-5-6-11-7-8-13-12(9-11)14(16)10-15(13,2)3/h7-9,14,16H,4-6,10H2,1-3H3/t14-/m0/s1. The molecular weight excluding hydrogens is 196 g/mol. The fourth-order valence-corrected chi connectivity index (χ4v) is 2.74. The van der Waals surface area contributed by atoms with Gasteiger partial charge in [0.25, 0.3) is 0 Å². The van der Waals surface area contributed by atoms with Gasteiger partial charge in [0.2, 0.25) is 0 Å². The van der Waals surface area contributed by atoms with Gasteiger partial charge in [0, 0.05) is 0 Å². The van der Waals surface area contributed by atoms with Crippen LogP contribution in [0, 0.1) is 0 Å². The summed E-state index contributed by atoms with van der Waals surface area (Å²) in [7, 11) is 0. The Balaban J connectivity index is 2.29. The lowest BCUT2D eigenvalue weighted by molar-refractivity contribution is 0.161. The number of aryl methyl sites for hydroxylation is 1. The van der Waals surface area contributed by atoms with Crippen molar-refractivity contribution >= 4 is 0 Å². The van der Waals surface area contributed by atoms with Crippen molar-refractivity contribution in [2.24, 2.45) is 0 Å². The molecule has 1 aromatic rings. The number of hydrogen-bond acceptors (Lipinski definition) is 1. The molecule has 0 radical (unpaired) electrons. The maximum Gasteiger partial charge on any atom is 0.0801 e. The highest BCUT2D eigenvalue weighted by molar-refractivity contribution is 5.42. The number of unbranched alkanes of at least 4 members (excludes halogenated alkanes) is 1. The van der Waals surface area contributed by atoms with Crippen molar-refractivity contribution in [3.05, 3.63) is 34.9 Å². The summed E-state index contributed by atoms with van der Waals surface area (Å²) in [5.41, 5.74) is 4.01. The molecule has 0 unspecified atom stereocenters.